The van der Waals surface area contributed by atoms with Gasteiger partial charge in [-0.2, -0.15) is 5.10 Å². The average molecular weight is 273 g/mol. The predicted molar refractivity (Wildman–Crippen MR) is 74.9 cm³/mol. The first-order chi connectivity index (χ1) is 9.63. The number of hydrogen-bond acceptors (Lipinski definition) is 4. The minimum Gasteiger partial charge on any atom is -0.353 e. The van der Waals surface area contributed by atoms with E-state index in [1.807, 2.05) is 32.0 Å². The van der Waals surface area contributed by atoms with Gasteiger partial charge < -0.3 is 5.32 Å². The van der Waals surface area contributed by atoms with E-state index in [2.05, 4.69) is 20.4 Å². The van der Waals surface area contributed by atoms with Crippen LogP contribution in [0.25, 0.3) is 0 Å². The summed E-state index contributed by atoms with van der Waals surface area (Å²) >= 11 is 0. The lowest BCUT2D eigenvalue weighted by molar-refractivity contribution is -0.121. The minimum atomic E-state index is 0.0145. The van der Waals surface area contributed by atoms with Gasteiger partial charge in [-0.1, -0.05) is 6.07 Å². The molecule has 0 aliphatic heterocycles. The molecule has 0 saturated carbocycles. The Balaban J connectivity index is 1.76. The molecule has 106 valence electrons. The van der Waals surface area contributed by atoms with Gasteiger partial charge in [0.1, 0.15) is 12.7 Å². The number of carbonyl (C=O) groups excluding carboxylic acids is 1. The highest BCUT2D eigenvalue weighted by molar-refractivity contribution is 5.76. The predicted octanol–water partition coefficient (Wildman–Crippen LogP) is 1.12. The van der Waals surface area contributed by atoms with Crippen molar-refractivity contribution in [2.45, 2.75) is 39.3 Å². The van der Waals surface area contributed by atoms with Gasteiger partial charge in [0.25, 0.3) is 0 Å². The normalized spacial score (nSPS) is 12.1. The molecule has 0 aromatic carbocycles. The van der Waals surface area contributed by atoms with Crippen molar-refractivity contribution in [3.05, 3.63) is 42.2 Å². The van der Waals surface area contributed by atoms with Crippen LogP contribution in [-0.2, 0) is 17.8 Å². The Morgan fingerprint density at radius 1 is 1.45 bits per heavy atom. The summed E-state index contributed by atoms with van der Waals surface area (Å²) in [6.07, 6.45) is 4.20. The molecule has 1 N–H and O–H groups in total. The third-order valence-corrected chi connectivity index (χ3v) is 2.90. The second-order valence-electron chi connectivity index (χ2n) is 4.85. The topological polar surface area (TPSA) is 72.7 Å². The largest absolute Gasteiger partial charge is 0.353 e. The van der Waals surface area contributed by atoms with Crippen LogP contribution >= 0.6 is 0 Å². The molecule has 0 saturated heterocycles. The van der Waals surface area contributed by atoms with E-state index in [4.69, 9.17) is 0 Å². The zero-order valence-corrected chi connectivity index (χ0v) is 11.8. The van der Waals surface area contributed by atoms with Crippen LogP contribution in [0.3, 0.4) is 0 Å². The summed E-state index contributed by atoms with van der Waals surface area (Å²) in [5.74, 6) is 0.0145. The van der Waals surface area contributed by atoms with Crippen LogP contribution < -0.4 is 5.32 Å². The highest BCUT2D eigenvalue weighted by atomic mass is 16.1. The molecular weight excluding hydrogens is 254 g/mol. The molecule has 6 nitrogen and oxygen atoms in total. The molecule has 0 bridgehead atoms. The lowest BCUT2D eigenvalue weighted by atomic mass is 10.1. The zero-order chi connectivity index (χ0) is 14.4. The van der Waals surface area contributed by atoms with Crippen molar-refractivity contribution >= 4 is 5.91 Å². The number of pyridine rings is 1. The summed E-state index contributed by atoms with van der Waals surface area (Å²) in [6, 6.07) is 5.99. The molecule has 0 aliphatic carbocycles. The van der Waals surface area contributed by atoms with Gasteiger partial charge >= 0.3 is 0 Å². The Morgan fingerprint density at radius 3 is 3.00 bits per heavy atom. The Kier molecular flexibility index (Phi) is 4.81. The fraction of sp³-hybridized carbons (Fsp3) is 0.429. The van der Waals surface area contributed by atoms with Crippen molar-refractivity contribution in [2.24, 2.45) is 0 Å². The van der Waals surface area contributed by atoms with Crippen molar-refractivity contribution < 1.29 is 4.79 Å². The summed E-state index contributed by atoms with van der Waals surface area (Å²) in [6.45, 7) is 4.49. The maximum atomic E-state index is 11.8. The van der Waals surface area contributed by atoms with Gasteiger partial charge in [-0.05, 0) is 26.0 Å². The Hall–Kier alpha value is -2.24. The van der Waals surface area contributed by atoms with E-state index >= 15 is 0 Å². The second-order valence-corrected chi connectivity index (χ2v) is 4.85. The Labute approximate surface area is 118 Å². The fourth-order valence-electron chi connectivity index (χ4n) is 1.99. The van der Waals surface area contributed by atoms with E-state index in [1.54, 1.807) is 11.0 Å². The molecule has 2 aromatic heterocycles. The van der Waals surface area contributed by atoms with Crippen LogP contribution in [0.2, 0.25) is 0 Å². The average Bonchev–Trinajstić information content (AvgIpc) is 2.89. The number of aryl methyl sites for hydroxylation is 2. The van der Waals surface area contributed by atoms with Gasteiger partial charge in [0, 0.05) is 30.3 Å². The molecule has 0 fully saturated rings. The molecule has 1 atom stereocenters. The molecule has 2 rings (SSSR count). The molecule has 0 aliphatic rings. The van der Waals surface area contributed by atoms with Crippen molar-refractivity contribution in [1.29, 1.82) is 0 Å². The summed E-state index contributed by atoms with van der Waals surface area (Å²) in [4.78, 5) is 20.1. The van der Waals surface area contributed by atoms with Crippen LogP contribution in [0.15, 0.2) is 30.9 Å². The SMILES string of the molecule is Cc1cccc(CC(C)NC(=O)CCn2cncn2)n1. The molecule has 20 heavy (non-hydrogen) atoms. The number of nitrogens with zero attached hydrogens (tertiary/aromatic N) is 4. The van der Waals surface area contributed by atoms with Crippen molar-refractivity contribution in [1.82, 2.24) is 25.1 Å². The Morgan fingerprint density at radius 2 is 2.30 bits per heavy atom. The number of carbonyl (C=O) groups is 1. The van der Waals surface area contributed by atoms with Gasteiger partial charge in [-0.3, -0.25) is 14.5 Å². The first-order valence-electron chi connectivity index (χ1n) is 6.68. The van der Waals surface area contributed by atoms with E-state index in [9.17, 15) is 4.79 Å². The van der Waals surface area contributed by atoms with Crippen molar-refractivity contribution in [3.8, 4) is 0 Å². The van der Waals surface area contributed by atoms with Crippen molar-refractivity contribution in [2.75, 3.05) is 0 Å². The van der Waals surface area contributed by atoms with Gasteiger partial charge in [0.05, 0.1) is 6.54 Å². The zero-order valence-electron chi connectivity index (χ0n) is 11.8. The van der Waals surface area contributed by atoms with Gasteiger partial charge in [0.2, 0.25) is 5.91 Å². The van der Waals surface area contributed by atoms with E-state index < -0.39 is 0 Å². The van der Waals surface area contributed by atoms with Gasteiger partial charge in [-0.15, -0.1) is 0 Å². The molecule has 6 heteroatoms. The summed E-state index contributed by atoms with van der Waals surface area (Å²) < 4.78 is 1.65. The summed E-state index contributed by atoms with van der Waals surface area (Å²) in [5.41, 5.74) is 1.99. The van der Waals surface area contributed by atoms with E-state index in [0.717, 1.165) is 17.8 Å². The van der Waals surface area contributed by atoms with Gasteiger partial charge in [0.15, 0.2) is 0 Å². The van der Waals surface area contributed by atoms with E-state index in [1.165, 1.54) is 6.33 Å². The fourth-order valence-corrected chi connectivity index (χ4v) is 1.99. The molecule has 0 radical (unpaired) electrons. The number of nitrogens with one attached hydrogen (secondary N) is 1. The third-order valence-electron chi connectivity index (χ3n) is 2.90. The van der Waals surface area contributed by atoms with Crippen LogP contribution in [-0.4, -0.2) is 31.7 Å². The lowest BCUT2D eigenvalue weighted by Gasteiger charge is -2.13. The molecule has 0 spiro atoms. The van der Waals surface area contributed by atoms with E-state index in [-0.39, 0.29) is 11.9 Å². The molecule has 2 heterocycles. The first kappa shape index (κ1) is 14.2. The van der Waals surface area contributed by atoms with Crippen LogP contribution in [0.4, 0.5) is 0 Å². The third kappa shape index (κ3) is 4.46. The maximum absolute atomic E-state index is 11.8. The van der Waals surface area contributed by atoms with Gasteiger partial charge in [-0.25, -0.2) is 4.98 Å². The lowest BCUT2D eigenvalue weighted by Crippen LogP contribution is -2.34. The van der Waals surface area contributed by atoms with Crippen molar-refractivity contribution in [3.63, 3.8) is 0 Å². The monoisotopic (exact) mass is 273 g/mol. The maximum Gasteiger partial charge on any atom is 0.222 e. The highest BCUT2D eigenvalue weighted by Crippen LogP contribution is 2.02. The van der Waals surface area contributed by atoms with Crippen LogP contribution in [0, 0.1) is 6.92 Å². The summed E-state index contributed by atoms with van der Waals surface area (Å²) in [7, 11) is 0. The number of amides is 1. The smallest absolute Gasteiger partial charge is 0.222 e. The standard InChI is InChI=1S/C14H19N5O/c1-11-4-3-5-13(17-11)8-12(2)18-14(20)6-7-19-10-15-9-16-19/h3-5,9-10,12H,6-8H2,1-2H3,(H,18,20). The molecular formula is C14H19N5O. The summed E-state index contributed by atoms with van der Waals surface area (Å²) in [5, 5.41) is 6.93. The number of aromatic nitrogens is 4. The Bertz CT molecular complexity index is 552. The second kappa shape index (κ2) is 6.79. The highest BCUT2D eigenvalue weighted by Gasteiger charge is 2.09. The molecule has 1 unspecified atom stereocenters. The molecule has 1 amide bonds. The van der Waals surface area contributed by atoms with E-state index in [0.29, 0.717) is 13.0 Å². The first-order valence-corrected chi connectivity index (χ1v) is 6.68. The minimum absolute atomic E-state index is 0.0145. The van der Waals surface area contributed by atoms with Crippen LogP contribution in [0.1, 0.15) is 24.7 Å². The van der Waals surface area contributed by atoms with Crippen LogP contribution in [0.5, 0.6) is 0 Å². The molecule has 2 aromatic rings. The number of rotatable bonds is 6. The number of hydrogen-bond donors (Lipinski definition) is 1. The quantitative estimate of drug-likeness (QED) is 0.856.